The second-order valence-corrected chi connectivity index (χ2v) is 10.5. The molecule has 38 heavy (non-hydrogen) atoms. The summed E-state index contributed by atoms with van der Waals surface area (Å²) in [4.78, 5) is 37.9. The number of nitrogens with one attached hydrogen (secondary N) is 1. The summed E-state index contributed by atoms with van der Waals surface area (Å²) >= 11 is 11.8. The fraction of sp³-hybridized carbons (Fsp3) is 0.357. The van der Waals surface area contributed by atoms with Gasteiger partial charge in [0.05, 0.1) is 11.8 Å². The van der Waals surface area contributed by atoms with E-state index >= 15 is 0 Å². The molecule has 5 rings (SSSR count). The maximum absolute atomic E-state index is 13.2. The van der Waals surface area contributed by atoms with E-state index < -0.39 is 0 Å². The number of benzene rings is 1. The van der Waals surface area contributed by atoms with Crippen molar-refractivity contribution in [1.82, 2.24) is 14.9 Å². The molecular weight excluding hydrogens is 528 g/mol. The topological polar surface area (TPSA) is 78.4 Å². The number of pyridine rings is 2. The van der Waals surface area contributed by atoms with Crippen LogP contribution in [0.1, 0.15) is 47.5 Å². The van der Waals surface area contributed by atoms with E-state index in [4.69, 9.17) is 23.2 Å². The average molecular weight is 556 g/mol. The van der Waals surface area contributed by atoms with Gasteiger partial charge >= 0.3 is 0 Å². The first-order valence-electron chi connectivity index (χ1n) is 12.8. The Morgan fingerprint density at radius 3 is 2.24 bits per heavy atom. The molecule has 1 aromatic carbocycles. The summed E-state index contributed by atoms with van der Waals surface area (Å²) in [5.41, 5.74) is 2.12. The van der Waals surface area contributed by atoms with Gasteiger partial charge in [-0.15, -0.1) is 0 Å². The van der Waals surface area contributed by atoms with Crippen molar-refractivity contribution in [3.8, 4) is 0 Å². The van der Waals surface area contributed by atoms with E-state index in [1.54, 1.807) is 12.1 Å². The molecule has 0 unspecified atom stereocenters. The molecule has 4 heterocycles. The van der Waals surface area contributed by atoms with Crippen LogP contribution in [-0.4, -0.2) is 52.9 Å². The lowest BCUT2D eigenvalue weighted by molar-refractivity contribution is -0.137. The Labute approximate surface area is 231 Å². The van der Waals surface area contributed by atoms with Gasteiger partial charge in [0.15, 0.2) is 0 Å². The number of amides is 2. The van der Waals surface area contributed by atoms with Crippen LogP contribution in [0.2, 0.25) is 10.3 Å². The molecule has 198 valence electrons. The van der Waals surface area contributed by atoms with Gasteiger partial charge in [0, 0.05) is 37.8 Å². The van der Waals surface area contributed by atoms with Crippen molar-refractivity contribution in [2.45, 2.75) is 31.6 Å². The molecule has 0 aliphatic carbocycles. The predicted molar refractivity (Wildman–Crippen MR) is 146 cm³/mol. The summed E-state index contributed by atoms with van der Waals surface area (Å²) in [6.07, 6.45) is 4.60. The van der Waals surface area contributed by atoms with Crippen LogP contribution in [0.5, 0.6) is 0 Å². The third-order valence-corrected chi connectivity index (χ3v) is 7.88. The molecular formula is C28H28Cl2FN5O2. The van der Waals surface area contributed by atoms with Gasteiger partial charge < -0.3 is 15.1 Å². The molecule has 0 radical (unpaired) electrons. The summed E-state index contributed by atoms with van der Waals surface area (Å²) < 4.78 is 13.2. The summed E-state index contributed by atoms with van der Waals surface area (Å²) in [6, 6.07) is 14.0. The van der Waals surface area contributed by atoms with Crippen molar-refractivity contribution in [1.29, 1.82) is 0 Å². The van der Waals surface area contributed by atoms with Gasteiger partial charge in [-0.2, -0.15) is 0 Å². The molecule has 2 aromatic heterocycles. The third-order valence-electron chi connectivity index (χ3n) is 7.39. The second kappa shape index (κ2) is 11.7. The van der Waals surface area contributed by atoms with Gasteiger partial charge in [0.2, 0.25) is 5.91 Å². The van der Waals surface area contributed by atoms with E-state index in [1.807, 2.05) is 29.2 Å². The zero-order chi connectivity index (χ0) is 26.6. The summed E-state index contributed by atoms with van der Waals surface area (Å²) in [6.45, 7) is 2.97. The molecule has 0 spiro atoms. The predicted octanol–water partition coefficient (Wildman–Crippen LogP) is 5.80. The van der Waals surface area contributed by atoms with Crippen LogP contribution in [0.4, 0.5) is 15.9 Å². The normalized spacial score (nSPS) is 16.9. The first kappa shape index (κ1) is 26.4. The number of carbonyl (C=O) groups is 2. The van der Waals surface area contributed by atoms with Crippen molar-refractivity contribution in [2.24, 2.45) is 5.92 Å². The Kier molecular flexibility index (Phi) is 8.09. The van der Waals surface area contributed by atoms with Crippen LogP contribution in [0.3, 0.4) is 0 Å². The standard InChI is InChI=1S/C28H28Cl2FN5O2/c29-24-7-6-23(26(30)34-24)27(37)33-22-4-1-18(2-5-22)19-9-15-36(16-10-19)28(38)20-11-13-35(14-12-20)25-8-3-21(31)17-32-25/h1-8,17,19-20H,9-16H2,(H,33,37). The minimum atomic E-state index is -0.349. The van der Waals surface area contributed by atoms with Gasteiger partial charge in [-0.1, -0.05) is 35.3 Å². The van der Waals surface area contributed by atoms with Gasteiger partial charge in [-0.05, 0) is 73.6 Å². The Bertz CT molecular complexity index is 1290. The zero-order valence-electron chi connectivity index (χ0n) is 20.7. The van der Waals surface area contributed by atoms with Crippen LogP contribution in [-0.2, 0) is 4.79 Å². The lowest BCUT2D eigenvalue weighted by atomic mass is 9.88. The number of hydrogen-bond donors (Lipinski definition) is 1. The van der Waals surface area contributed by atoms with Crippen molar-refractivity contribution < 1.29 is 14.0 Å². The average Bonchev–Trinajstić information content (AvgIpc) is 2.94. The molecule has 2 amide bonds. The van der Waals surface area contributed by atoms with Gasteiger partial charge in [0.25, 0.3) is 5.91 Å². The molecule has 2 aliphatic rings. The fourth-order valence-corrected chi connectivity index (χ4v) is 5.65. The Morgan fingerprint density at radius 2 is 1.61 bits per heavy atom. The maximum Gasteiger partial charge on any atom is 0.258 e. The Balaban J connectivity index is 1.10. The number of halogens is 3. The van der Waals surface area contributed by atoms with E-state index in [9.17, 15) is 14.0 Å². The molecule has 10 heteroatoms. The van der Waals surface area contributed by atoms with Gasteiger partial charge in [-0.25, -0.2) is 14.4 Å². The van der Waals surface area contributed by atoms with Crippen molar-refractivity contribution in [3.63, 3.8) is 0 Å². The summed E-state index contributed by atoms with van der Waals surface area (Å²) in [5, 5.41) is 3.13. The number of aromatic nitrogens is 2. The van der Waals surface area contributed by atoms with Crippen LogP contribution in [0.15, 0.2) is 54.7 Å². The molecule has 1 N–H and O–H groups in total. The summed E-state index contributed by atoms with van der Waals surface area (Å²) in [5.74, 6) is 0.694. The van der Waals surface area contributed by atoms with E-state index in [2.05, 4.69) is 20.2 Å². The quantitative estimate of drug-likeness (QED) is 0.402. The molecule has 2 aliphatic heterocycles. The number of rotatable bonds is 5. The van der Waals surface area contributed by atoms with E-state index in [0.29, 0.717) is 11.6 Å². The molecule has 0 saturated carbocycles. The largest absolute Gasteiger partial charge is 0.357 e. The molecule has 7 nitrogen and oxygen atoms in total. The minimum Gasteiger partial charge on any atom is -0.357 e. The smallest absolute Gasteiger partial charge is 0.258 e. The maximum atomic E-state index is 13.2. The van der Waals surface area contributed by atoms with E-state index in [-0.39, 0.29) is 39.4 Å². The number of piperidine rings is 2. The lowest BCUT2D eigenvalue weighted by Gasteiger charge is -2.37. The number of nitrogens with zero attached hydrogens (tertiary/aromatic N) is 4. The Hall–Kier alpha value is -3.23. The highest BCUT2D eigenvalue weighted by Crippen LogP contribution is 2.31. The monoisotopic (exact) mass is 555 g/mol. The van der Waals surface area contributed by atoms with Crippen LogP contribution >= 0.6 is 23.2 Å². The highest BCUT2D eigenvalue weighted by molar-refractivity contribution is 6.35. The molecule has 2 saturated heterocycles. The van der Waals surface area contributed by atoms with Gasteiger partial charge in [0.1, 0.15) is 21.9 Å². The number of likely N-dealkylation sites (tertiary alicyclic amines) is 1. The first-order valence-corrected chi connectivity index (χ1v) is 13.5. The first-order chi connectivity index (χ1) is 18.4. The van der Waals surface area contributed by atoms with Crippen molar-refractivity contribution >= 4 is 46.5 Å². The van der Waals surface area contributed by atoms with Crippen LogP contribution in [0.25, 0.3) is 0 Å². The molecule has 3 aromatic rings. The zero-order valence-corrected chi connectivity index (χ0v) is 22.3. The Morgan fingerprint density at radius 1 is 0.895 bits per heavy atom. The van der Waals surface area contributed by atoms with Crippen LogP contribution < -0.4 is 10.2 Å². The molecule has 0 bridgehead atoms. The minimum absolute atomic E-state index is 0.0236. The fourth-order valence-electron chi connectivity index (χ4n) is 5.22. The second-order valence-electron chi connectivity index (χ2n) is 9.74. The highest BCUT2D eigenvalue weighted by atomic mass is 35.5. The summed E-state index contributed by atoms with van der Waals surface area (Å²) in [7, 11) is 0. The van der Waals surface area contributed by atoms with Crippen molar-refractivity contribution in [3.05, 3.63) is 82.0 Å². The highest BCUT2D eigenvalue weighted by Gasteiger charge is 2.31. The van der Waals surface area contributed by atoms with Gasteiger partial charge in [-0.3, -0.25) is 9.59 Å². The van der Waals surface area contributed by atoms with E-state index in [0.717, 1.165) is 57.7 Å². The number of anilines is 2. The number of hydrogen-bond acceptors (Lipinski definition) is 5. The van der Waals surface area contributed by atoms with Crippen molar-refractivity contribution in [2.75, 3.05) is 36.4 Å². The van der Waals surface area contributed by atoms with Crippen LogP contribution in [0, 0.1) is 11.7 Å². The van der Waals surface area contributed by atoms with E-state index in [1.165, 1.54) is 23.9 Å². The molecule has 2 fully saturated rings. The third kappa shape index (κ3) is 6.08. The molecule has 0 atom stereocenters. The number of carbonyl (C=O) groups excluding carboxylic acids is 2. The lowest BCUT2D eigenvalue weighted by Crippen LogP contribution is -2.45. The SMILES string of the molecule is O=C(Nc1ccc(C2CCN(C(=O)C3CCN(c4ccc(F)cn4)CC3)CC2)cc1)c1ccc(Cl)nc1Cl.